The summed E-state index contributed by atoms with van der Waals surface area (Å²) in [6.45, 7) is 9.01. The molecule has 3 heteroatoms. The van der Waals surface area contributed by atoms with Gasteiger partial charge in [0.25, 0.3) is 0 Å². The summed E-state index contributed by atoms with van der Waals surface area (Å²) < 4.78 is 0. The van der Waals surface area contributed by atoms with Crippen LogP contribution in [0.25, 0.3) is 0 Å². The third kappa shape index (κ3) is 4.57. The van der Waals surface area contributed by atoms with Gasteiger partial charge in [0.2, 0.25) is 0 Å². The Bertz CT molecular complexity index is 190. The SMILES string of the molecule is CCC(CC)(CO)CNC(C)CC1CCCN1. The highest BCUT2D eigenvalue weighted by Gasteiger charge is 2.26. The second kappa shape index (κ2) is 7.34. The second-order valence-corrected chi connectivity index (χ2v) is 5.68. The van der Waals surface area contributed by atoms with Crippen molar-refractivity contribution in [2.75, 3.05) is 19.7 Å². The van der Waals surface area contributed by atoms with Gasteiger partial charge in [-0.3, -0.25) is 0 Å². The Kier molecular flexibility index (Phi) is 6.45. The van der Waals surface area contributed by atoms with Gasteiger partial charge in [-0.1, -0.05) is 13.8 Å². The quantitative estimate of drug-likeness (QED) is 0.609. The van der Waals surface area contributed by atoms with Crippen molar-refractivity contribution in [3.63, 3.8) is 0 Å². The van der Waals surface area contributed by atoms with E-state index in [9.17, 15) is 5.11 Å². The van der Waals surface area contributed by atoms with Gasteiger partial charge in [-0.15, -0.1) is 0 Å². The standard InChI is InChI=1S/C14H30N2O/c1-4-14(5-2,11-17)10-16-12(3)9-13-7-6-8-15-13/h12-13,15-17H,4-11H2,1-3H3. The molecule has 0 spiro atoms. The molecule has 0 radical (unpaired) electrons. The third-order valence-corrected chi connectivity index (χ3v) is 4.46. The predicted molar refractivity (Wildman–Crippen MR) is 73.2 cm³/mol. The monoisotopic (exact) mass is 242 g/mol. The molecule has 1 fully saturated rings. The number of aliphatic hydroxyl groups is 1. The van der Waals surface area contributed by atoms with Gasteiger partial charge in [0, 0.05) is 30.7 Å². The van der Waals surface area contributed by atoms with Crippen LogP contribution in [0.3, 0.4) is 0 Å². The Morgan fingerprint density at radius 2 is 2.12 bits per heavy atom. The van der Waals surface area contributed by atoms with E-state index in [4.69, 9.17) is 0 Å². The maximum atomic E-state index is 9.52. The van der Waals surface area contributed by atoms with E-state index >= 15 is 0 Å². The molecule has 1 rings (SSSR count). The average molecular weight is 242 g/mol. The minimum Gasteiger partial charge on any atom is -0.396 e. The molecule has 0 aromatic carbocycles. The molecule has 0 amide bonds. The number of hydrogen-bond acceptors (Lipinski definition) is 3. The first kappa shape index (κ1) is 14.9. The van der Waals surface area contributed by atoms with Crippen molar-refractivity contribution in [1.82, 2.24) is 10.6 Å². The van der Waals surface area contributed by atoms with Gasteiger partial charge in [0.05, 0.1) is 0 Å². The molecule has 0 bridgehead atoms. The van der Waals surface area contributed by atoms with Crippen LogP contribution in [0, 0.1) is 5.41 Å². The van der Waals surface area contributed by atoms with Crippen LogP contribution in [-0.2, 0) is 0 Å². The molecule has 3 N–H and O–H groups in total. The molecule has 2 atom stereocenters. The maximum absolute atomic E-state index is 9.52. The van der Waals surface area contributed by atoms with Gasteiger partial charge in [0.1, 0.15) is 0 Å². The largest absolute Gasteiger partial charge is 0.396 e. The zero-order chi connectivity index (χ0) is 12.7. The highest BCUT2D eigenvalue weighted by atomic mass is 16.3. The van der Waals surface area contributed by atoms with E-state index in [2.05, 4.69) is 31.4 Å². The van der Waals surface area contributed by atoms with Gasteiger partial charge in [-0.2, -0.15) is 0 Å². The Balaban J connectivity index is 2.27. The van der Waals surface area contributed by atoms with Gasteiger partial charge in [0.15, 0.2) is 0 Å². The summed E-state index contributed by atoms with van der Waals surface area (Å²) in [4.78, 5) is 0. The first-order valence-corrected chi connectivity index (χ1v) is 7.23. The van der Waals surface area contributed by atoms with Crippen LogP contribution in [0.4, 0.5) is 0 Å². The van der Waals surface area contributed by atoms with Crippen LogP contribution in [0.1, 0.15) is 52.9 Å². The van der Waals surface area contributed by atoms with E-state index in [1.807, 2.05) is 0 Å². The van der Waals surface area contributed by atoms with E-state index in [0.717, 1.165) is 19.4 Å². The summed E-state index contributed by atoms with van der Waals surface area (Å²) in [5.41, 5.74) is 0.0807. The Morgan fingerprint density at radius 1 is 1.41 bits per heavy atom. The zero-order valence-corrected chi connectivity index (χ0v) is 11.8. The topological polar surface area (TPSA) is 44.3 Å². The van der Waals surface area contributed by atoms with Crippen molar-refractivity contribution in [1.29, 1.82) is 0 Å². The normalized spacial score (nSPS) is 22.9. The molecule has 102 valence electrons. The maximum Gasteiger partial charge on any atom is 0.0499 e. The minimum atomic E-state index is 0.0807. The number of rotatable bonds is 8. The van der Waals surface area contributed by atoms with Crippen LogP contribution in [0.15, 0.2) is 0 Å². The fraction of sp³-hybridized carbons (Fsp3) is 1.00. The molecular formula is C14H30N2O. The number of nitrogens with one attached hydrogen (secondary N) is 2. The summed E-state index contributed by atoms with van der Waals surface area (Å²) in [5.74, 6) is 0. The van der Waals surface area contributed by atoms with E-state index in [1.165, 1.54) is 25.8 Å². The Hall–Kier alpha value is -0.120. The van der Waals surface area contributed by atoms with E-state index in [0.29, 0.717) is 18.7 Å². The zero-order valence-electron chi connectivity index (χ0n) is 11.8. The molecule has 1 aliphatic heterocycles. The van der Waals surface area contributed by atoms with Crippen molar-refractivity contribution in [3.05, 3.63) is 0 Å². The molecule has 1 heterocycles. The first-order valence-electron chi connectivity index (χ1n) is 7.23. The smallest absolute Gasteiger partial charge is 0.0499 e. The van der Waals surface area contributed by atoms with Crippen molar-refractivity contribution in [3.8, 4) is 0 Å². The van der Waals surface area contributed by atoms with Gasteiger partial charge >= 0.3 is 0 Å². The van der Waals surface area contributed by atoms with Crippen LogP contribution in [0.2, 0.25) is 0 Å². The van der Waals surface area contributed by atoms with Gasteiger partial charge in [-0.25, -0.2) is 0 Å². The molecule has 2 unspecified atom stereocenters. The summed E-state index contributed by atoms with van der Waals surface area (Å²) in [7, 11) is 0. The molecule has 0 aromatic rings. The molecule has 0 aromatic heterocycles. The van der Waals surface area contributed by atoms with E-state index in [1.54, 1.807) is 0 Å². The third-order valence-electron chi connectivity index (χ3n) is 4.46. The highest BCUT2D eigenvalue weighted by Crippen LogP contribution is 2.24. The molecular weight excluding hydrogens is 212 g/mol. The van der Waals surface area contributed by atoms with Crippen LogP contribution >= 0.6 is 0 Å². The minimum absolute atomic E-state index is 0.0807. The molecule has 3 nitrogen and oxygen atoms in total. The predicted octanol–water partition coefficient (Wildman–Crippen LogP) is 1.91. The molecule has 1 saturated heterocycles. The summed E-state index contributed by atoms with van der Waals surface area (Å²) in [6, 6.07) is 1.24. The van der Waals surface area contributed by atoms with Crippen molar-refractivity contribution in [2.24, 2.45) is 5.41 Å². The fourth-order valence-corrected chi connectivity index (χ4v) is 2.64. The second-order valence-electron chi connectivity index (χ2n) is 5.68. The summed E-state index contributed by atoms with van der Waals surface area (Å²) >= 11 is 0. The van der Waals surface area contributed by atoms with Gasteiger partial charge in [-0.05, 0) is 45.6 Å². The van der Waals surface area contributed by atoms with E-state index < -0.39 is 0 Å². The fourth-order valence-electron chi connectivity index (χ4n) is 2.64. The molecule has 1 aliphatic rings. The van der Waals surface area contributed by atoms with Gasteiger partial charge < -0.3 is 15.7 Å². The van der Waals surface area contributed by atoms with Crippen molar-refractivity contribution < 1.29 is 5.11 Å². The molecule has 17 heavy (non-hydrogen) atoms. The lowest BCUT2D eigenvalue weighted by atomic mass is 9.83. The highest BCUT2D eigenvalue weighted by molar-refractivity contribution is 4.82. The lowest BCUT2D eigenvalue weighted by molar-refractivity contribution is 0.109. The summed E-state index contributed by atoms with van der Waals surface area (Å²) in [5, 5.41) is 16.7. The Morgan fingerprint density at radius 3 is 2.59 bits per heavy atom. The van der Waals surface area contributed by atoms with Crippen LogP contribution in [-0.4, -0.2) is 36.9 Å². The van der Waals surface area contributed by atoms with Crippen molar-refractivity contribution >= 4 is 0 Å². The van der Waals surface area contributed by atoms with Crippen LogP contribution in [0.5, 0.6) is 0 Å². The summed E-state index contributed by atoms with van der Waals surface area (Å²) in [6.07, 6.45) is 5.93. The lowest BCUT2D eigenvalue weighted by Gasteiger charge is -2.31. The first-order chi connectivity index (χ1) is 8.15. The van der Waals surface area contributed by atoms with E-state index in [-0.39, 0.29) is 5.41 Å². The number of hydrogen-bond donors (Lipinski definition) is 3. The van der Waals surface area contributed by atoms with Crippen LogP contribution < -0.4 is 10.6 Å². The lowest BCUT2D eigenvalue weighted by Crippen LogP contribution is -2.42. The molecule has 0 aliphatic carbocycles. The Labute approximate surface area is 106 Å². The number of aliphatic hydroxyl groups excluding tert-OH is 1. The average Bonchev–Trinajstić information content (AvgIpc) is 2.84. The van der Waals surface area contributed by atoms with Crippen molar-refractivity contribution in [2.45, 2.75) is 65.0 Å². The molecule has 0 saturated carbocycles.